The van der Waals surface area contributed by atoms with Crippen LogP contribution in [0.3, 0.4) is 0 Å². The minimum atomic E-state index is -3.99. The molecule has 0 radical (unpaired) electrons. The maximum atomic E-state index is 13.4. The van der Waals surface area contributed by atoms with Crippen molar-refractivity contribution in [2.75, 3.05) is 4.72 Å². The zero-order valence-corrected chi connectivity index (χ0v) is 20.4. The fraction of sp³-hybridized carbons (Fsp3) is 0.200. The molecule has 0 saturated heterocycles. The molecule has 0 amide bonds. The van der Waals surface area contributed by atoms with Crippen LogP contribution in [0, 0.1) is 20.8 Å². The SMILES string of the molecule is Cc1cc(C)c(S(=O)(=O)Nc2cc3c(cc2Oc2ccccc2)n(C)c(=O)c(=O)n3C)cc1C. The van der Waals surface area contributed by atoms with Crippen LogP contribution in [0.25, 0.3) is 11.0 Å². The minimum absolute atomic E-state index is 0.141. The molecule has 9 heteroatoms. The second-order valence-corrected chi connectivity index (χ2v) is 9.94. The van der Waals surface area contributed by atoms with Crippen LogP contribution >= 0.6 is 0 Å². The lowest BCUT2D eigenvalue weighted by atomic mass is 10.1. The number of rotatable bonds is 5. The average Bonchev–Trinajstić information content (AvgIpc) is 2.79. The van der Waals surface area contributed by atoms with E-state index >= 15 is 0 Å². The van der Waals surface area contributed by atoms with Gasteiger partial charge in [-0.15, -0.1) is 0 Å². The summed E-state index contributed by atoms with van der Waals surface area (Å²) in [6.07, 6.45) is 0. The van der Waals surface area contributed by atoms with Crippen LogP contribution in [-0.4, -0.2) is 17.6 Å². The van der Waals surface area contributed by atoms with Crippen LogP contribution in [0.4, 0.5) is 5.69 Å². The number of anilines is 1. The van der Waals surface area contributed by atoms with Gasteiger partial charge in [0.2, 0.25) is 0 Å². The summed E-state index contributed by atoms with van der Waals surface area (Å²) in [6, 6.07) is 15.4. The van der Waals surface area contributed by atoms with Crippen LogP contribution in [-0.2, 0) is 24.1 Å². The summed E-state index contributed by atoms with van der Waals surface area (Å²) in [5.41, 5.74) is 1.98. The third-order valence-electron chi connectivity index (χ3n) is 5.89. The molecule has 1 heterocycles. The summed E-state index contributed by atoms with van der Waals surface area (Å²) < 4.78 is 37.9. The highest BCUT2D eigenvalue weighted by Gasteiger charge is 2.22. The van der Waals surface area contributed by atoms with Crippen molar-refractivity contribution in [3.63, 3.8) is 0 Å². The average molecular weight is 480 g/mol. The van der Waals surface area contributed by atoms with Gasteiger partial charge in [0.25, 0.3) is 10.0 Å². The largest absolute Gasteiger partial charge is 0.455 e. The molecule has 176 valence electrons. The Labute approximate surface area is 197 Å². The van der Waals surface area contributed by atoms with Gasteiger partial charge in [-0.2, -0.15) is 0 Å². The molecule has 4 rings (SSSR count). The van der Waals surface area contributed by atoms with Gasteiger partial charge in [-0.25, -0.2) is 8.42 Å². The fourth-order valence-electron chi connectivity index (χ4n) is 3.80. The summed E-state index contributed by atoms with van der Waals surface area (Å²) in [4.78, 5) is 24.9. The monoisotopic (exact) mass is 479 g/mol. The molecule has 0 saturated carbocycles. The standard InChI is InChI=1S/C25H25N3O5S/c1-15-11-17(3)23(12-16(15)2)34(31,32)26-19-13-20-21(28(5)25(30)24(29)27(20)4)14-22(19)33-18-9-7-6-8-10-18/h6-14,26H,1-5H3. The maximum Gasteiger partial charge on any atom is 0.316 e. The van der Waals surface area contributed by atoms with Crippen molar-refractivity contribution >= 4 is 26.7 Å². The lowest BCUT2D eigenvalue weighted by molar-refractivity contribution is 0.485. The molecule has 0 fully saturated rings. The highest BCUT2D eigenvalue weighted by atomic mass is 32.2. The molecule has 0 aliphatic heterocycles. The number of hydrogen-bond donors (Lipinski definition) is 1. The first kappa shape index (κ1) is 23.3. The van der Waals surface area contributed by atoms with Crippen molar-refractivity contribution in [3.05, 3.63) is 92.0 Å². The number of nitrogens with zero attached hydrogens (tertiary/aromatic N) is 2. The third kappa shape index (κ3) is 4.10. The Morgan fingerprint density at radius 3 is 1.94 bits per heavy atom. The van der Waals surface area contributed by atoms with E-state index < -0.39 is 21.1 Å². The third-order valence-corrected chi connectivity index (χ3v) is 7.40. The number of aryl methyl sites for hydroxylation is 5. The highest BCUT2D eigenvalue weighted by molar-refractivity contribution is 7.92. The van der Waals surface area contributed by atoms with Crippen molar-refractivity contribution in [3.8, 4) is 11.5 Å². The van der Waals surface area contributed by atoms with Gasteiger partial charge in [-0.1, -0.05) is 24.3 Å². The molecule has 3 aromatic carbocycles. The van der Waals surface area contributed by atoms with Crippen molar-refractivity contribution in [1.82, 2.24) is 9.13 Å². The Balaban J connectivity index is 1.94. The van der Waals surface area contributed by atoms with Crippen LogP contribution in [0.15, 0.2) is 69.1 Å². The first-order valence-electron chi connectivity index (χ1n) is 10.6. The van der Waals surface area contributed by atoms with Crippen molar-refractivity contribution < 1.29 is 13.2 Å². The summed E-state index contributed by atoms with van der Waals surface area (Å²) in [5, 5.41) is 0. The molecule has 0 atom stereocenters. The summed E-state index contributed by atoms with van der Waals surface area (Å²) in [6.45, 7) is 5.51. The quantitative estimate of drug-likeness (QED) is 0.440. The summed E-state index contributed by atoms with van der Waals surface area (Å²) in [7, 11) is -1.04. The van der Waals surface area contributed by atoms with E-state index in [1.165, 1.54) is 29.3 Å². The van der Waals surface area contributed by atoms with Gasteiger partial charge >= 0.3 is 11.1 Å². The van der Waals surface area contributed by atoms with Gasteiger partial charge in [0.05, 0.1) is 21.6 Å². The maximum absolute atomic E-state index is 13.4. The molecule has 0 spiro atoms. The van der Waals surface area contributed by atoms with Crippen LogP contribution < -0.4 is 20.6 Å². The molecule has 1 N–H and O–H groups in total. The zero-order chi connectivity index (χ0) is 24.8. The molecule has 0 unspecified atom stereocenters. The number of ether oxygens (including phenoxy) is 1. The minimum Gasteiger partial charge on any atom is -0.455 e. The van der Waals surface area contributed by atoms with Gasteiger partial charge in [-0.3, -0.25) is 14.3 Å². The molecule has 4 aromatic rings. The Morgan fingerprint density at radius 1 is 0.765 bits per heavy atom. The Morgan fingerprint density at radius 2 is 1.32 bits per heavy atom. The molecule has 34 heavy (non-hydrogen) atoms. The molecule has 1 aromatic heterocycles. The van der Waals surface area contributed by atoms with E-state index in [2.05, 4.69) is 4.72 Å². The van der Waals surface area contributed by atoms with E-state index in [4.69, 9.17) is 4.74 Å². The number of aromatic nitrogens is 2. The normalized spacial score (nSPS) is 11.6. The predicted molar refractivity (Wildman–Crippen MR) is 132 cm³/mol. The highest BCUT2D eigenvalue weighted by Crippen LogP contribution is 2.35. The van der Waals surface area contributed by atoms with Gasteiger partial charge in [0.1, 0.15) is 5.75 Å². The topological polar surface area (TPSA) is 99.4 Å². The van der Waals surface area contributed by atoms with Crippen molar-refractivity contribution in [2.24, 2.45) is 14.1 Å². The van der Waals surface area contributed by atoms with E-state index in [1.54, 1.807) is 43.3 Å². The number of hydrogen-bond acceptors (Lipinski definition) is 5. The van der Waals surface area contributed by atoms with Crippen LogP contribution in [0.5, 0.6) is 11.5 Å². The first-order valence-corrected chi connectivity index (χ1v) is 12.1. The van der Waals surface area contributed by atoms with E-state index in [1.807, 2.05) is 26.0 Å². The second kappa shape index (κ2) is 8.49. The molecular weight excluding hydrogens is 454 g/mol. The predicted octanol–water partition coefficient (Wildman–Crippen LogP) is 3.76. The molecule has 8 nitrogen and oxygen atoms in total. The van der Waals surface area contributed by atoms with Gasteiger partial charge in [-0.05, 0) is 61.7 Å². The Bertz CT molecular complexity index is 1650. The molecule has 0 aliphatic carbocycles. The Kier molecular flexibility index (Phi) is 5.82. The number of para-hydroxylation sites is 1. The number of nitrogens with one attached hydrogen (secondary N) is 1. The first-order chi connectivity index (χ1) is 16.0. The van der Waals surface area contributed by atoms with Crippen LogP contribution in [0.2, 0.25) is 0 Å². The molecule has 0 bridgehead atoms. The van der Waals surface area contributed by atoms with E-state index in [0.717, 1.165) is 11.1 Å². The van der Waals surface area contributed by atoms with E-state index in [0.29, 0.717) is 22.3 Å². The summed E-state index contributed by atoms with van der Waals surface area (Å²) in [5.74, 6) is 0.678. The van der Waals surface area contributed by atoms with Crippen LogP contribution in [0.1, 0.15) is 16.7 Å². The number of sulfonamides is 1. The lowest BCUT2D eigenvalue weighted by Crippen LogP contribution is -2.39. The lowest BCUT2D eigenvalue weighted by Gasteiger charge is -2.18. The number of benzene rings is 3. The van der Waals surface area contributed by atoms with Gasteiger partial charge in [0, 0.05) is 20.2 Å². The van der Waals surface area contributed by atoms with Crippen molar-refractivity contribution in [1.29, 1.82) is 0 Å². The fourth-order valence-corrected chi connectivity index (χ4v) is 5.18. The number of fused-ring (bicyclic) bond motifs is 1. The van der Waals surface area contributed by atoms with Gasteiger partial charge < -0.3 is 13.9 Å². The van der Waals surface area contributed by atoms with Crippen molar-refractivity contribution in [2.45, 2.75) is 25.7 Å². The van der Waals surface area contributed by atoms with E-state index in [9.17, 15) is 18.0 Å². The smallest absolute Gasteiger partial charge is 0.316 e. The van der Waals surface area contributed by atoms with Gasteiger partial charge in [0.15, 0.2) is 5.75 Å². The molecular formula is C25H25N3O5S. The molecule has 0 aliphatic rings. The van der Waals surface area contributed by atoms with E-state index in [-0.39, 0.29) is 16.3 Å². The zero-order valence-electron chi connectivity index (χ0n) is 19.5. The second-order valence-electron chi connectivity index (χ2n) is 8.29. The summed E-state index contributed by atoms with van der Waals surface area (Å²) >= 11 is 0. The Hall–Kier alpha value is -3.85.